The standard InChI is InChI=1S/C18H22ClNS/c1-12-7-13(2)9-15(8-12)11-21-16-5-6-17(14(3)20-4)18(19)10-16/h5-10,14,20H,11H2,1-4H3. The summed E-state index contributed by atoms with van der Waals surface area (Å²) in [6, 6.07) is 13.3. The summed E-state index contributed by atoms with van der Waals surface area (Å²) in [7, 11) is 1.95. The summed E-state index contributed by atoms with van der Waals surface area (Å²) in [5.41, 5.74) is 5.15. The number of hydrogen-bond donors (Lipinski definition) is 1. The first kappa shape index (κ1) is 16.4. The van der Waals surface area contributed by atoms with Gasteiger partial charge < -0.3 is 5.32 Å². The fourth-order valence-electron chi connectivity index (χ4n) is 2.42. The van der Waals surface area contributed by atoms with Crippen molar-refractivity contribution in [3.05, 3.63) is 63.7 Å². The molecule has 0 bridgehead atoms. The molecule has 112 valence electrons. The Hall–Kier alpha value is -0.960. The maximum Gasteiger partial charge on any atom is 0.0464 e. The average molecular weight is 320 g/mol. The van der Waals surface area contributed by atoms with Gasteiger partial charge in [0.25, 0.3) is 0 Å². The molecular weight excluding hydrogens is 298 g/mol. The van der Waals surface area contributed by atoms with Gasteiger partial charge in [0.2, 0.25) is 0 Å². The van der Waals surface area contributed by atoms with Crippen LogP contribution in [0, 0.1) is 13.8 Å². The molecule has 0 spiro atoms. The Morgan fingerprint density at radius 1 is 1.10 bits per heavy atom. The highest BCUT2D eigenvalue weighted by molar-refractivity contribution is 7.98. The summed E-state index contributed by atoms with van der Waals surface area (Å²) >= 11 is 8.21. The van der Waals surface area contributed by atoms with Crippen LogP contribution in [0.3, 0.4) is 0 Å². The zero-order chi connectivity index (χ0) is 15.4. The van der Waals surface area contributed by atoms with Crippen molar-refractivity contribution in [2.75, 3.05) is 7.05 Å². The lowest BCUT2D eigenvalue weighted by Gasteiger charge is -2.13. The number of aryl methyl sites for hydroxylation is 2. The van der Waals surface area contributed by atoms with Gasteiger partial charge in [-0.3, -0.25) is 0 Å². The topological polar surface area (TPSA) is 12.0 Å². The van der Waals surface area contributed by atoms with Crippen molar-refractivity contribution >= 4 is 23.4 Å². The highest BCUT2D eigenvalue weighted by Crippen LogP contribution is 2.30. The molecule has 3 heteroatoms. The van der Waals surface area contributed by atoms with Crippen molar-refractivity contribution in [2.45, 2.75) is 37.5 Å². The third kappa shape index (κ3) is 4.50. The van der Waals surface area contributed by atoms with Crippen molar-refractivity contribution in [2.24, 2.45) is 0 Å². The van der Waals surface area contributed by atoms with E-state index in [9.17, 15) is 0 Å². The van der Waals surface area contributed by atoms with E-state index in [0.29, 0.717) is 0 Å². The molecule has 0 saturated carbocycles. The summed E-state index contributed by atoms with van der Waals surface area (Å²) in [4.78, 5) is 1.21. The van der Waals surface area contributed by atoms with Gasteiger partial charge in [0.05, 0.1) is 0 Å². The van der Waals surface area contributed by atoms with E-state index in [1.54, 1.807) is 0 Å². The monoisotopic (exact) mass is 319 g/mol. The number of thioether (sulfide) groups is 1. The van der Waals surface area contributed by atoms with Crippen LogP contribution in [0.25, 0.3) is 0 Å². The van der Waals surface area contributed by atoms with Crippen LogP contribution in [0.5, 0.6) is 0 Å². The Morgan fingerprint density at radius 3 is 2.33 bits per heavy atom. The first-order valence-corrected chi connectivity index (χ1v) is 8.52. The second kappa shape index (κ2) is 7.35. The van der Waals surface area contributed by atoms with E-state index in [4.69, 9.17) is 11.6 Å². The summed E-state index contributed by atoms with van der Waals surface area (Å²) in [5.74, 6) is 0.972. The van der Waals surface area contributed by atoms with E-state index in [0.717, 1.165) is 16.3 Å². The summed E-state index contributed by atoms with van der Waals surface area (Å²) in [6.07, 6.45) is 0. The predicted molar refractivity (Wildman–Crippen MR) is 94.4 cm³/mol. The van der Waals surface area contributed by atoms with Gasteiger partial charge in [-0.25, -0.2) is 0 Å². The van der Waals surface area contributed by atoms with E-state index in [2.05, 4.69) is 62.5 Å². The third-order valence-electron chi connectivity index (χ3n) is 3.56. The molecule has 2 rings (SSSR count). The number of hydrogen-bond acceptors (Lipinski definition) is 2. The van der Waals surface area contributed by atoms with Crippen LogP contribution in [0.4, 0.5) is 0 Å². The molecule has 0 aliphatic carbocycles. The Labute approximate surface area is 137 Å². The molecule has 0 fully saturated rings. The SMILES string of the molecule is CNC(C)c1ccc(SCc2cc(C)cc(C)c2)cc1Cl. The molecule has 0 radical (unpaired) electrons. The molecule has 2 aromatic carbocycles. The van der Waals surface area contributed by atoms with Crippen molar-refractivity contribution in [1.29, 1.82) is 0 Å². The minimum Gasteiger partial charge on any atom is -0.313 e. The molecule has 1 N–H and O–H groups in total. The molecule has 1 unspecified atom stereocenters. The Bertz CT molecular complexity index is 604. The van der Waals surface area contributed by atoms with E-state index in [-0.39, 0.29) is 6.04 Å². The Balaban J connectivity index is 2.08. The minimum atomic E-state index is 0.274. The molecule has 21 heavy (non-hydrogen) atoms. The van der Waals surface area contributed by atoms with Crippen LogP contribution in [-0.4, -0.2) is 7.05 Å². The number of nitrogens with one attached hydrogen (secondary N) is 1. The van der Waals surface area contributed by atoms with Crippen molar-refractivity contribution in [3.8, 4) is 0 Å². The molecule has 0 aromatic heterocycles. The second-order valence-electron chi connectivity index (χ2n) is 5.48. The zero-order valence-electron chi connectivity index (χ0n) is 13.0. The van der Waals surface area contributed by atoms with E-state index >= 15 is 0 Å². The van der Waals surface area contributed by atoms with E-state index in [1.807, 2.05) is 18.8 Å². The van der Waals surface area contributed by atoms with Crippen molar-refractivity contribution in [3.63, 3.8) is 0 Å². The van der Waals surface area contributed by atoms with Crippen LogP contribution in [0.2, 0.25) is 5.02 Å². The summed E-state index contributed by atoms with van der Waals surface area (Å²) in [6.45, 7) is 6.40. The van der Waals surface area contributed by atoms with Gasteiger partial charge >= 0.3 is 0 Å². The van der Waals surface area contributed by atoms with E-state index in [1.165, 1.54) is 21.6 Å². The lowest BCUT2D eigenvalue weighted by Crippen LogP contribution is -2.12. The predicted octanol–water partition coefficient (Wildman–Crippen LogP) is 5.53. The maximum absolute atomic E-state index is 6.38. The largest absolute Gasteiger partial charge is 0.313 e. The van der Waals surface area contributed by atoms with Crippen LogP contribution >= 0.6 is 23.4 Å². The van der Waals surface area contributed by atoms with Crippen LogP contribution < -0.4 is 5.32 Å². The third-order valence-corrected chi connectivity index (χ3v) is 4.95. The first-order valence-electron chi connectivity index (χ1n) is 7.16. The van der Waals surface area contributed by atoms with Gasteiger partial charge in [-0.2, -0.15) is 0 Å². The van der Waals surface area contributed by atoms with Crippen LogP contribution in [0.15, 0.2) is 41.3 Å². The fraction of sp³-hybridized carbons (Fsp3) is 0.333. The van der Waals surface area contributed by atoms with Crippen LogP contribution in [0.1, 0.15) is 35.2 Å². The molecule has 0 heterocycles. The number of benzene rings is 2. The van der Waals surface area contributed by atoms with Crippen molar-refractivity contribution < 1.29 is 0 Å². The molecule has 2 aromatic rings. The van der Waals surface area contributed by atoms with Gasteiger partial charge in [-0.15, -0.1) is 11.8 Å². The Kier molecular flexibility index (Phi) is 5.74. The molecule has 0 aliphatic rings. The number of halogens is 1. The molecule has 0 amide bonds. The Morgan fingerprint density at radius 2 is 1.76 bits per heavy atom. The van der Waals surface area contributed by atoms with Gasteiger partial charge in [0.15, 0.2) is 0 Å². The average Bonchev–Trinajstić information content (AvgIpc) is 2.43. The molecule has 1 atom stereocenters. The maximum atomic E-state index is 6.38. The smallest absolute Gasteiger partial charge is 0.0464 e. The molecule has 0 aliphatic heterocycles. The number of rotatable bonds is 5. The van der Waals surface area contributed by atoms with Gasteiger partial charge in [-0.05, 0) is 51.1 Å². The van der Waals surface area contributed by atoms with E-state index < -0.39 is 0 Å². The molecular formula is C18H22ClNS. The van der Waals surface area contributed by atoms with Gasteiger partial charge in [0, 0.05) is 21.7 Å². The normalized spacial score (nSPS) is 12.4. The quantitative estimate of drug-likeness (QED) is 0.727. The summed E-state index contributed by atoms with van der Waals surface area (Å²) in [5, 5.41) is 4.06. The van der Waals surface area contributed by atoms with Gasteiger partial charge in [-0.1, -0.05) is 47.0 Å². The molecule has 0 saturated heterocycles. The lowest BCUT2D eigenvalue weighted by atomic mass is 10.1. The second-order valence-corrected chi connectivity index (χ2v) is 6.93. The minimum absolute atomic E-state index is 0.274. The van der Waals surface area contributed by atoms with Crippen LogP contribution in [-0.2, 0) is 5.75 Å². The summed E-state index contributed by atoms with van der Waals surface area (Å²) < 4.78 is 0. The van der Waals surface area contributed by atoms with Gasteiger partial charge in [0.1, 0.15) is 0 Å². The highest BCUT2D eigenvalue weighted by atomic mass is 35.5. The highest BCUT2D eigenvalue weighted by Gasteiger charge is 2.08. The first-order chi connectivity index (χ1) is 9.99. The fourth-order valence-corrected chi connectivity index (χ4v) is 3.70. The molecule has 1 nitrogen and oxygen atoms in total. The zero-order valence-corrected chi connectivity index (χ0v) is 14.6. The lowest BCUT2D eigenvalue weighted by molar-refractivity contribution is 0.652. The van der Waals surface area contributed by atoms with Crippen molar-refractivity contribution in [1.82, 2.24) is 5.32 Å².